The average molecular weight is 193 g/mol. The summed E-state index contributed by atoms with van der Waals surface area (Å²) in [6.07, 6.45) is 8.64. The molecule has 0 saturated heterocycles. The van der Waals surface area contributed by atoms with Crippen molar-refractivity contribution < 1.29 is 4.74 Å². The minimum absolute atomic E-state index is 0. The highest BCUT2D eigenvalue weighted by molar-refractivity contribution is 5.75. The Morgan fingerprint density at radius 1 is 1.43 bits per heavy atom. The Morgan fingerprint density at radius 3 is 2.50 bits per heavy atom. The maximum Gasteiger partial charge on any atom is 0.115 e. The molecule has 1 aliphatic rings. The van der Waals surface area contributed by atoms with Crippen LogP contribution in [-0.2, 0) is 4.74 Å². The molecule has 1 aliphatic carbocycles. The molecule has 0 spiro atoms. The Balaban J connectivity index is 0. The van der Waals surface area contributed by atoms with Crippen LogP contribution in [0.15, 0.2) is 24.0 Å². The molecular formula is C12H22BO. The topological polar surface area (TPSA) is 9.23 Å². The first kappa shape index (κ1) is 15.8. The quantitative estimate of drug-likeness (QED) is 0.623. The highest BCUT2D eigenvalue weighted by Gasteiger charge is 2.02. The van der Waals surface area contributed by atoms with Crippen molar-refractivity contribution in [2.75, 3.05) is 6.61 Å². The molecule has 0 aromatic rings. The van der Waals surface area contributed by atoms with E-state index in [1.165, 1.54) is 0 Å². The maximum atomic E-state index is 5.45. The summed E-state index contributed by atoms with van der Waals surface area (Å²) in [5.41, 5.74) is 0. The Morgan fingerprint density at radius 2 is 2.07 bits per heavy atom. The molecule has 0 bridgehead atoms. The van der Waals surface area contributed by atoms with Gasteiger partial charge in [-0.25, -0.2) is 0 Å². The van der Waals surface area contributed by atoms with Gasteiger partial charge in [0.05, 0.1) is 6.61 Å². The molecule has 1 nitrogen and oxygen atoms in total. The molecule has 14 heavy (non-hydrogen) atoms. The van der Waals surface area contributed by atoms with Gasteiger partial charge in [0, 0.05) is 8.41 Å². The summed E-state index contributed by atoms with van der Waals surface area (Å²) in [4.78, 5) is 0. The summed E-state index contributed by atoms with van der Waals surface area (Å²) in [6, 6.07) is 0. The summed E-state index contributed by atoms with van der Waals surface area (Å²) in [6.45, 7) is 9.17. The molecule has 0 aromatic heterocycles. The van der Waals surface area contributed by atoms with Crippen LogP contribution >= 0.6 is 0 Å². The predicted molar refractivity (Wildman–Crippen MR) is 64.3 cm³/mol. The van der Waals surface area contributed by atoms with E-state index < -0.39 is 0 Å². The Labute approximate surface area is 90.8 Å². The minimum atomic E-state index is 0. The van der Waals surface area contributed by atoms with E-state index in [2.05, 4.69) is 32.1 Å². The Bertz CT molecular complexity index is 173. The van der Waals surface area contributed by atoms with Crippen LogP contribution in [-0.4, -0.2) is 15.0 Å². The van der Waals surface area contributed by atoms with Gasteiger partial charge in [-0.15, -0.1) is 0 Å². The first-order valence-corrected chi connectivity index (χ1v) is 5.34. The van der Waals surface area contributed by atoms with Crippen LogP contribution < -0.4 is 0 Å². The molecule has 2 heteroatoms. The van der Waals surface area contributed by atoms with Gasteiger partial charge in [-0.1, -0.05) is 33.8 Å². The van der Waals surface area contributed by atoms with E-state index in [0.29, 0.717) is 5.92 Å². The average Bonchev–Trinajstić information content (AvgIpc) is 2.20. The Hall–Kier alpha value is -0.655. The van der Waals surface area contributed by atoms with E-state index in [-0.39, 0.29) is 8.41 Å². The lowest BCUT2D eigenvalue weighted by Crippen LogP contribution is -1.98. The van der Waals surface area contributed by atoms with E-state index in [0.717, 1.165) is 25.2 Å². The van der Waals surface area contributed by atoms with Crippen LogP contribution in [0.1, 0.15) is 40.5 Å². The molecular weight excluding hydrogens is 171 g/mol. The zero-order valence-corrected chi connectivity index (χ0v) is 9.92. The minimum Gasteiger partial charge on any atom is -0.494 e. The lowest BCUT2D eigenvalue weighted by atomic mass is 10.0. The summed E-state index contributed by atoms with van der Waals surface area (Å²) < 4.78 is 5.45. The molecule has 0 saturated carbocycles. The number of hydrogen-bond acceptors (Lipinski definition) is 1. The highest BCUT2D eigenvalue weighted by Crippen LogP contribution is 2.15. The van der Waals surface area contributed by atoms with Gasteiger partial charge in [-0.05, 0) is 30.9 Å². The fourth-order valence-electron chi connectivity index (χ4n) is 1.03. The monoisotopic (exact) mass is 193 g/mol. The van der Waals surface area contributed by atoms with E-state index in [9.17, 15) is 0 Å². The molecule has 0 aromatic carbocycles. The lowest BCUT2D eigenvalue weighted by Gasteiger charge is -2.12. The molecule has 0 N–H and O–H groups in total. The fraction of sp³-hybridized carbons (Fsp3) is 0.667. The molecule has 1 atom stereocenters. The second kappa shape index (κ2) is 10.4. The third kappa shape index (κ3) is 6.82. The molecule has 79 valence electrons. The number of ether oxygens (including phenoxy) is 1. The van der Waals surface area contributed by atoms with Crippen molar-refractivity contribution in [3.63, 3.8) is 0 Å². The molecule has 0 amide bonds. The summed E-state index contributed by atoms with van der Waals surface area (Å²) in [5, 5.41) is 0. The van der Waals surface area contributed by atoms with Crippen LogP contribution in [0.2, 0.25) is 0 Å². The second-order valence-corrected chi connectivity index (χ2v) is 3.03. The van der Waals surface area contributed by atoms with Gasteiger partial charge >= 0.3 is 0 Å². The van der Waals surface area contributed by atoms with E-state index >= 15 is 0 Å². The standard InChI is InChI=1S/C10H16O.C2H6.B/c1-3-8-11-10-6-4-9(2)5-7-10;1-2;/h4,6-7,9H,3,5,8H2,1-2H3;1-2H3;. The normalized spacial score (nSPS) is 18.6. The van der Waals surface area contributed by atoms with Crippen LogP contribution in [0.3, 0.4) is 0 Å². The van der Waals surface area contributed by atoms with Gasteiger partial charge in [-0.2, -0.15) is 0 Å². The van der Waals surface area contributed by atoms with Gasteiger partial charge in [0.25, 0.3) is 0 Å². The SMILES string of the molecule is CC.CCCOC1=CCC(C)C=C1.[B]. The van der Waals surface area contributed by atoms with E-state index in [4.69, 9.17) is 4.74 Å². The largest absolute Gasteiger partial charge is 0.494 e. The maximum absolute atomic E-state index is 5.45. The first-order chi connectivity index (χ1) is 6.33. The van der Waals surface area contributed by atoms with Gasteiger partial charge in [0.2, 0.25) is 0 Å². The van der Waals surface area contributed by atoms with Crippen molar-refractivity contribution >= 4 is 8.41 Å². The molecule has 1 unspecified atom stereocenters. The number of hydrogen-bond donors (Lipinski definition) is 0. The van der Waals surface area contributed by atoms with Crippen molar-refractivity contribution in [2.45, 2.75) is 40.5 Å². The summed E-state index contributed by atoms with van der Waals surface area (Å²) in [5.74, 6) is 1.73. The van der Waals surface area contributed by atoms with Crippen molar-refractivity contribution in [1.82, 2.24) is 0 Å². The van der Waals surface area contributed by atoms with Crippen molar-refractivity contribution in [3.05, 3.63) is 24.0 Å². The number of allylic oxidation sites excluding steroid dienone is 3. The van der Waals surface area contributed by atoms with E-state index in [1.54, 1.807) is 0 Å². The van der Waals surface area contributed by atoms with Gasteiger partial charge in [0.15, 0.2) is 0 Å². The smallest absolute Gasteiger partial charge is 0.115 e. The highest BCUT2D eigenvalue weighted by atomic mass is 16.5. The van der Waals surface area contributed by atoms with Crippen molar-refractivity contribution in [3.8, 4) is 0 Å². The van der Waals surface area contributed by atoms with Gasteiger partial charge in [0.1, 0.15) is 5.76 Å². The zero-order valence-electron chi connectivity index (χ0n) is 9.92. The van der Waals surface area contributed by atoms with Crippen LogP contribution in [0.25, 0.3) is 0 Å². The summed E-state index contributed by atoms with van der Waals surface area (Å²) in [7, 11) is 0. The first-order valence-electron chi connectivity index (χ1n) is 5.34. The van der Waals surface area contributed by atoms with Gasteiger partial charge in [-0.3, -0.25) is 0 Å². The van der Waals surface area contributed by atoms with Gasteiger partial charge < -0.3 is 4.74 Å². The molecule has 0 aliphatic heterocycles. The molecule has 3 radical (unpaired) electrons. The fourth-order valence-corrected chi connectivity index (χ4v) is 1.03. The van der Waals surface area contributed by atoms with Crippen molar-refractivity contribution in [2.24, 2.45) is 5.92 Å². The van der Waals surface area contributed by atoms with E-state index in [1.807, 2.05) is 13.8 Å². The van der Waals surface area contributed by atoms with Crippen molar-refractivity contribution in [1.29, 1.82) is 0 Å². The Kier molecular flexibility index (Phi) is 11.8. The number of rotatable bonds is 3. The second-order valence-electron chi connectivity index (χ2n) is 3.03. The third-order valence-corrected chi connectivity index (χ3v) is 1.75. The zero-order chi connectivity index (χ0) is 10.1. The lowest BCUT2D eigenvalue weighted by molar-refractivity contribution is 0.221. The summed E-state index contributed by atoms with van der Waals surface area (Å²) >= 11 is 0. The van der Waals surface area contributed by atoms with Crippen LogP contribution in [0, 0.1) is 5.92 Å². The molecule has 1 rings (SSSR count). The molecule has 0 fully saturated rings. The molecule has 0 heterocycles. The third-order valence-electron chi connectivity index (χ3n) is 1.75. The van der Waals surface area contributed by atoms with Crippen LogP contribution in [0.4, 0.5) is 0 Å². The van der Waals surface area contributed by atoms with Crippen LogP contribution in [0.5, 0.6) is 0 Å². The predicted octanol–water partition coefficient (Wildman–Crippen LogP) is 3.54.